The van der Waals surface area contributed by atoms with Gasteiger partial charge in [0, 0.05) is 24.6 Å². The molecular formula is C18H18F2N2O3. The number of hydrogen-bond acceptors (Lipinski definition) is 4. The highest BCUT2D eigenvalue weighted by Gasteiger charge is 2.22. The molecule has 2 aromatic carbocycles. The molecule has 0 radical (unpaired) electrons. The van der Waals surface area contributed by atoms with Crippen LogP contribution >= 0.6 is 0 Å². The molecule has 0 spiro atoms. The number of amides is 1. The summed E-state index contributed by atoms with van der Waals surface area (Å²) >= 11 is 0. The maximum Gasteiger partial charge on any atom is 0.302 e. The van der Waals surface area contributed by atoms with Crippen molar-refractivity contribution in [1.29, 1.82) is 0 Å². The quantitative estimate of drug-likeness (QED) is 0.495. The smallest absolute Gasteiger partial charge is 0.302 e. The molecule has 0 saturated carbocycles. The molecule has 2 N–H and O–H groups in total. The van der Waals surface area contributed by atoms with Crippen LogP contribution in [0.5, 0.6) is 0 Å². The van der Waals surface area contributed by atoms with E-state index in [4.69, 9.17) is 10.5 Å². The van der Waals surface area contributed by atoms with E-state index in [1.54, 1.807) is 30.3 Å². The van der Waals surface area contributed by atoms with Crippen molar-refractivity contribution < 1.29 is 23.2 Å². The summed E-state index contributed by atoms with van der Waals surface area (Å²) in [5.41, 5.74) is 5.88. The van der Waals surface area contributed by atoms with Crippen molar-refractivity contribution in [1.82, 2.24) is 0 Å². The number of nitrogens with zero attached hydrogens (tertiary/aromatic N) is 1. The Hall–Kier alpha value is -2.96. The van der Waals surface area contributed by atoms with Gasteiger partial charge in [-0.05, 0) is 17.7 Å². The van der Waals surface area contributed by atoms with E-state index in [-0.39, 0.29) is 35.8 Å². The third-order valence-corrected chi connectivity index (χ3v) is 3.55. The maximum absolute atomic E-state index is 14.6. The van der Waals surface area contributed by atoms with Crippen LogP contribution in [0, 0.1) is 5.82 Å². The number of esters is 1. The average molecular weight is 348 g/mol. The summed E-state index contributed by atoms with van der Waals surface area (Å²) in [5, 5.41) is -0.225. The van der Waals surface area contributed by atoms with Gasteiger partial charge >= 0.3 is 5.97 Å². The predicted octanol–water partition coefficient (Wildman–Crippen LogP) is 2.97. The molecule has 0 aliphatic carbocycles. The van der Waals surface area contributed by atoms with Crippen molar-refractivity contribution in [3.8, 4) is 0 Å². The van der Waals surface area contributed by atoms with Crippen LogP contribution in [0.3, 0.4) is 0 Å². The summed E-state index contributed by atoms with van der Waals surface area (Å²) in [5.74, 6) is -2.36. The monoisotopic (exact) mass is 348 g/mol. The second kappa shape index (κ2) is 8.23. The van der Waals surface area contributed by atoms with Crippen molar-refractivity contribution in [2.24, 2.45) is 0 Å². The van der Waals surface area contributed by atoms with Gasteiger partial charge in [0.1, 0.15) is 5.69 Å². The fourth-order valence-corrected chi connectivity index (χ4v) is 2.30. The fourth-order valence-electron chi connectivity index (χ4n) is 2.30. The molecule has 0 fully saturated rings. The highest BCUT2D eigenvalue weighted by molar-refractivity contribution is 5.93. The molecule has 0 atom stereocenters. The van der Waals surface area contributed by atoms with Crippen LogP contribution in [0.15, 0.2) is 42.5 Å². The number of nitrogens with two attached hydrogens (primary N) is 1. The van der Waals surface area contributed by atoms with Gasteiger partial charge in [0.25, 0.3) is 5.91 Å². The third kappa shape index (κ3) is 4.76. The highest BCUT2D eigenvalue weighted by atomic mass is 19.2. The zero-order valence-corrected chi connectivity index (χ0v) is 13.7. The lowest BCUT2D eigenvalue weighted by atomic mass is 10.1. The minimum Gasteiger partial charge on any atom is -0.466 e. The average Bonchev–Trinajstić information content (AvgIpc) is 2.58. The van der Waals surface area contributed by atoms with Gasteiger partial charge in [-0.25, -0.2) is 4.39 Å². The molecule has 0 bridgehead atoms. The van der Waals surface area contributed by atoms with Crippen LogP contribution in [0.25, 0.3) is 0 Å². The molecule has 2 aromatic rings. The van der Waals surface area contributed by atoms with Gasteiger partial charge in [-0.3, -0.25) is 9.59 Å². The van der Waals surface area contributed by atoms with E-state index in [2.05, 4.69) is 0 Å². The van der Waals surface area contributed by atoms with Crippen molar-refractivity contribution in [2.45, 2.75) is 19.8 Å². The molecule has 0 aliphatic rings. The number of hydrogen-bond donors (Lipinski definition) is 1. The number of rotatable bonds is 6. The zero-order chi connectivity index (χ0) is 18.4. The first kappa shape index (κ1) is 18.4. The van der Waals surface area contributed by atoms with Crippen molar-refractivity contribution in [3.05, 3.63) is 59.4 Å². The zero-order valence-electron chi connectivity index (χ0n) is 13.7. The molecule has 7 heteroatoms. The molecule has 0 heterocycles. The lowest BCUT2D eigenvalue weighted by Gasteiger charge is -2.16. The molecule has 0 unspecified atom stereocenters. The fraction of sp³-hybridized carbons (Fsp3) is 0.222. The predicted molar refractivity (Wildman–Crippen MR) is 89.9 cm³/mol. The SMILES string of the molecule is CC(=O)OCCc1c(N)ccc(N(F)C(=O)Cc2ccccc2)c1F. The number of ether oxygens (including phenoxy) is 1. The Bertz CT molecular complexity index is 766. The topological polar surface area (TPSA) is 72.6 Å². The van der Waals surface area contributed by atoms with Crippen LogP contribution in [-0.2, 0) is 27.2 Å². The molecule has 5 nitrogen and oxygen atoms in total. The Kier molecular flexibility index (Phi) is 6.05. The molecule has 0 aromatic heterocycles. The first-order chi connectivity index (χ1) is 11.9. The molecule has 25 heavy (non-hydrogen) atoms. The Labute approximate surface area is 143 Å². The van der Waals surface area contributed by atoms with Crippen LogP contribution in [-0.4, -0.2) is 18.5 Å². The van der Waals surface area contributed by atoms with Gasteiger partial charge in [-0.2, -0.15) is 0 Å². The van der Waals surface area contributed by atoms with Gasteiger partial charge in [-0.1, -0.05) is 34.8 Å². The third-order valence-electron chi connectivity index (χ3n) is 3.55. The number of halogens is 2. The van der Waals surface area contributed by atoms with E-state index in [1.807, 2.05) is 0 Å². The maximum atomic E-state index is 14.6. The molecular weight excluding hydrogens is 330 g/mol. The standard InChI is InChI=1S/C18H18F2N2O3/c1-12(23)25-10-9-14-15(21)7-8-16(18(14)19)22(20)17(24)11-13-5-3-2-4-6-13/h2-8H,9-11,21H2,1H3. The molecule has 0 saturated heterocycles. The highest BCUT2D eigenvalue weighted by Crippen LogP contribution is 2.28. The summed E-state index contributed by atoms with van der Waals surface area (Å²) in [6.45, 7) is 1.13. The van der Waals surface area contributed by atoms with Gasteiger partial charge < -0.3 is 10.5 Å². The van der Waals surface area contributed by atoms with E-state index < -0.39 is 23.4 Å². The van der Waals surface area contributed by atoms with Crippen LogP contribution in [0.2, 0.25) is 0 Å². The van der Waals surface area contributed by atoms with Crippen molar-refractivity contribution in [3.63, 3.8) is 0 Å². The number of carbonyl (C=O) groups excluding carboxylic acids is 2. The Morgan fingerprint density at radius 3 is 2.48 bits per heavy atom. The minimum atomic E-state index is -0.948. The first-order valence-corrected chi connectivity index (χ1v) is 7.63. The molecule has 0 aliphatic heterocycles. The second-order valence-electron chi connectivity index (χ2n) is 5.39. The Balaban J connectivity index is 2.17. The Morgan fingerprint density at radius 1 is 1.16 bits per heavy atom. The lowest BCUT2D eigenvalue weighted by molar-refractivity contribution is -0.140. The molecule has 2 rings (SSSR count). The lowest BCUT2D eigenvalue weighted by Crippen LogP contribution is -2.25. The van der Waals surface area contributed by atoms with Crippen molar-refractivity contribution in [2.75, 3.05) is 17.5 Å². The van der Waals surface area contributed by atoms with Gasteiger partial charge in [0.15, 0.2) is 5.82 Å². The summed E-state index contributed by atoms with van der Waals surface area (Å²) in [7, 11) is 0. The van der Waals surface area contributed by atoms with Gasteiger partial charge in [0.2, 0.25) is 0 Å². The summed E-state index contributed by atoms with van der Waals surface area (Å²) in [6.07, 6.45) is -0.226. The largest absolute Gasteiger partial charge is 0.466 e. The normalized spacial score (nSPS) is 10.4. The first-order valence-electron chi connectivity index (χ1n) is 7.63. The summed E-state index contributed by atoms with van der Waals surface area (Å²) in [4.78, 5) is 22.8. The Morgan fingerprint density at radius 2 is 1.84 bits per heavy atom. The summed E-state index contributed by atoms with van der Waals surface area (Å²) in [6, 6.07) is 11.0. The van der Waals surface area contributed by atoms with E-state index in [1.165, 1.54) is 13.0 Å². The number of carbonyl (C=O) groups is 2. The minimum absolute atomic E-state index is 0.00564. The molecule has 1 amide bonds. The number of anilines is 2. The van der Waals surface area contributed by atoms with Crippen LogP contribution < -0.4 is 10.9 Å². The van der Waals surface area contributed by atoms with E-state index in [9.17, 15) is 18.5 Å². The van der Waals surface area contributed by atoms with E-state index in [0.717, 1.165) is 6.07 Å². The number of nitrogen functional groups attached to an aromatic ring is 1. The van der Waals surface area contributed by atoms with Crippen LogP contribution in [0.4, 0.5) is 20.2 Å². The second-order valence-corrected chi connectivity index (χ2v) is 5.39. The summed E-state index contributed by atoms with van der Waals surface area (Å²) < 4.78 is 33.7. The van der Waals surface area contributed by atoms with Crippen molar-refractivity contribution >= 4 is 23.3 Å². The van der Waals surface area contributed by atoms with Gasteiger partial charge in [-0.15, -0.1) is 5.12 Å². The number of benzene rings is 2. The van der Waals surface area contributed by atoms with E-state index >= 15 is 0 Å². The molecule has 132 valence electrons. The van der Waals surface area contributed by atoms with Crippen LogP contribution in [0.1, 0.15) is 18.1 Å². The van der Waals surface area contributed by atoms with E-state index in [0.29, 0.717) is 5.56 Å². The van der Waals surface area contributed by atoms with Gasteiger partial charge in [0.05, 0.1) is 13.0 Å².